The van der Waals surface area contributed by atoms with Crippen molar-refractivity contribution in [3.63, 3.8) is 0 Å². The molecule has 0 aliphatic carbocycles. The molecule has 0 aliphatic heterocycles. The van der Waals surface area contributed by atoms with E-state index < -0.39 is 0 Å². The van der Waals surface area contributed by atoms with Crippen molar-refractivity contribution in [3.8, 4) is 5.75 Å². The lowest BCUT2D eigenvalue weighted by atomic mass is 10.1. The molecule has 0 unspecified atom stereocenters. The summed E-state index contributed by atoms with van der Waals surface area (Å²) < 4.78 is 17.8. The molecule has 2 N–H and O–H groups in total. The summed E-state index contributed by atoms with van der Waals surface area (Å²) in [6.45, 7) is 3.56. The summed E-state index contributed by atoms with van der Waals surface area (Å²) in [5, 5.41) is 0. The lowest BCUT2D eigenvalue weighted by molar-refractivity contribution is 0.385. The van der Waals surface area contributed by atoms with Crippen molar-refractivity contribution in [2.24, 2.45) is 5.73 Å². The molecule has 0 aliphatic rings. The Morgan fingerprint density at radius 3 is 2.85 bits per heavy atom. The molecule has 1 aromatic carbocycles. The third kappa shape index (κ3) is 2.06. The number of benzene rings is 1. The van der Waals surface area contributed by atoms with E-state index in [1.807, 2.05) is 0 Å². The second-order valence-electron chi connectivity index (χ2n) is 2.66. The van der Waals surface area contributed by atoms with Crippen LogP contribution in [0.4, 0.5) is 4.39 Å². The van der Waals surface area contributed by atoms with Gasteiger partial charge in [0.25, 0.3) is 0 Å². The molecular formula is C10H12FNO. The average Bonchev–Trinajstić information content (AvgIpc) is 2.17. The maximum Gasteiger partial charge on any atom is 0.165 e. The summed E-state index contributed by atoms with van der Waals surface area (Å²) in [5.41, 5.74) is 6.46. The van der Waals surface area contributed by atoms with Crippen molar-refractivity contribution in [1.29, 1.82) is 0 Å². The van der Waals surface area contributed by atoms with E-state index in [-0.39, 0.29) is 17.6 Å². The average molecular weight is 181 g/mol. The summed E-state index contributed by atoms with van der Waals surface area (Å²) in [4.78, 5) is 0. The largest absolute Gasteiger partial charge is 0.494 e. The molecule has 0 fully saturated rings. The van der Waals surface area contributed by atoms with E-state index in [2.05, 4.69) is 6.58 Å². The van der Waals surface area contributed by atoms with Gasteiger partial charge in [0.1, 0.15) is 0 Å². The van der Waals surface area contributed by atoms with Gasteiger partial charge in [0.2, 0.25) is 0 Å². The van der Waals surface area contributed by atoms with Gasteiger partial charge in [0, 0.05) is 6.04 Å². The van der Waals surface area contributed by atoms with E-state index in [9.17, 15) is 4.39 Å². The molecule has 1 atom stereocenters. The molecule has 0 amide bonds. The summed E-state index contributed by atoms with van der Waals surface area (Å²) in [7, 11) is 1.42. The second-order valence-corrected chi connectivity index (χ2v) is 2.66. The van der Waals surface area contributed by atoms with E-state index >= 15 is 0 Å². The number of nitrogens with two attached hydrogens (primary N) is 1. The fourth-order valence-corrected chi connectivity index (χ4v) is 1.02. The smallest absolute Gasteiger partial charge is 0.165 e. The van der Waals surface area contributed by atoms with Gasteiger partial charge in [-0.3, -0.25) is 0 Å². The molecule has 1 aromatic rings. The Hall–Kier alpha value is -1.35. The molecule has 13 heavy (non-hydrogen) atoms. The normalized spacial score (nSPS) is 12.2. The van der Waals surface area contributed by atoms with Gasteiger partial charge in [0.05, 0.1) is 7.11 Å². The molecule has 0 heterocycles. The minimum Gasteiger partial charge on any atom is -0.494 e. The minimum atomic E-state index is -0.387. The lowest BCUT2D eigenvalue weighted by Gasteiger charge is -2.08. The van der Waals surface area contributed by atoms with Gasteiger partial charge < -0.3 is 10.5 Å². The highest BCUT2D eigenvalue weighted by atomic mass is 19.1. The summed E-state index contributed by atoms with van der Waals surface area (Å²) >= 11 is 0. The maximum atomic E-state index is 12.9. The zero-order valence-corrected chi connectivity index (χ0v) is 7.46. The van der Waals surface area contributed by atoms with E-state index in [4.69, 9.17) is 10.5 Å². The number of halogens is 1. The molecule has 0 aromatic heterocycles. The van der Waals surface area contributed by atoms with Gasteiger partial charge in [-0.15, -0.1) is 6.58 Å². The van der Waals surface area contributed by atoms with E-state index in [1.165, 1.54) is 13.2 Å². The topological polar surface area (TPSA) is 35.2 Å². The predicted octanol–water partition coefficient (Wildman–Crippen LogP) is 2.02. The molecule has 70 valence electrons. The maximum absolute atomic E-state index is 12.9. The third-order valence-electron chi connectivity index (χ3n) is 1.81. The number of methoxy groups -OCH3 is 1. The van der Waals surface area contributed by atoms with Gasteiger partial charge in [-0.2, -0.15) is 0 Å². The van der Waals surface area contributed by atoms with Crippen LogP contribution in [0.25, 0.3) is 0 Å². The third-order valence-corrected chi connectivity index (χ3v) is 1.81. The minimum absolute atomic E-state index is 0.204. The summed E-state index contributed by atoms with van der Waals surface area (Å²) in [6, 6.07) is 4.23. The van der Waals surface area contributed by atoms with Crippen LogP contribution in [0.3, 0.4) is 0 Å². The number of ether oxygens (including phenoxy) is 1. The molecular weight excluding hydrogens is 169 g/mol. The van der Waals surface area contributed by atoms with Crippen LogP contribution in [0.5, 0.6) is 5.75 Å². The van der Waals surface area contributed by atoms with Crippen LogP contribution in [0.2, 0.25) is 0 Å². The monoisotopic (exact) mass is 181 g/mol. The highest BCUT2D eigenvalue weighted by Gasteiger charge is 2.06. The molecule has 0 saturated heterocycles. The van der Waals surface area contributed by atoms with Crippen LogP contribution in [0, 0.1) is 5.82 Å². The Morgan fingerprint density at radius 2 is 2.31 bits per heavy atom. The van der Waals surface area contributed by atoms with Crippen molar-refractivity contribution < 1.29 is 9.13 Å². The lowest BCUT2D eigenvalue weighted by Crippen LogP contribution is -2.06. The Bertz CT molecular complexity index is 312. The Balaban J connectivity index is 3.05. The van der Waals surface area contributed by atoms with Gasteiger partial charge >= 0.3 is 0 Å². The van der Waals surface area contributed by atoms with E-state index in [0.29, 0.717) is 0 Å². The van der Waals surface area contributed by atoms with E-state index in [0.717, 1.165) is 5.56 Å². The van der Waals surface area contributed by atoms with Crippen LogP contribution < -0.4 is 10.5 Å². The zero-order chi connectivity index (χ0) is 9.84. The van der Waals surface area contributed by atoms with Crippen LogP contribution in [-0.2, 0) is 0 Å². The van der Waals surface area contributed by atoms with Crippen molar-refractivity contribution in [2.75, 3.05) is 7.11 Å². The summed E-state index contributed by atoms with van der Waals surface area (Å²) in [5.74, 6) is -0.183. The first-order valence-corrected chi connectivity index (χ1v) is 3.90. The van der Waals surface area contributed by atoms with E-state index in [1.54, 1.807) is 18.2 Å². The molecule has 0 radical (unpaired) electrons. The highest BCUT2D eigenvalue weighted by Crippen LogP contribution is 2.21. The van der Waals surface area contributed by atoms with Gasteiger partial charge in [0.15, 0.2) is 11.6 Å². The molecule has 2 nitrogen and oxygen atoms in total. The van der Waals surface area contributed by atoms with Gasteiger partial charge in [-0.1, -0.05) is 12.1 Å². The second kappa shape index (κ2) is 4.05. The van der Waals surface area contributed by atoms with Gasteiger partial charge in [-0.25, -0.2) is 4.39 Å². The zero-order valence-electron chi connectivity index (χ0n) is 7.46. The quantitative estimate of drug-likeness (QED) is 0.724. The standard InChI is InChI=1S/C10H12FNO/c1-3-9(12)7-4-5-8(11)10(6-7)13-2/h3-6,9H,1,12H2,2H3/t9-/m0/s1. The first-order chi connectivity index (χ1) is 6.19. The van der Waals surface area contributed by atoms with Crippen LogP contribution in [-0.4, -0.2) is 7.11 Å². The number of hydrogen-bond acceptors (Lipinski definition) is 2. The van der Waals surface area contributed by atoms with Crippen LogP contribution in [0.1, 0.15) is 11.6 Å². The van der Waals surface area contributed by atoms with Crippen molar-refractivity contribution >= 4 is 0 Å². The number of hydrogen-bond donors (Lipinski definition) is 1. The first-order valence-electron chi connectivity index (χ1n) is 3.90. The number of rotatable bonds is 3. The molecule has 1 rings (SSSR count). The van der Waals surface area contributed by atoms with Crippen molar-refractivity contribution in [1.82, 2.24) is 0 Å². The predicted molar refractivity (Wildman–Crippen MR) is 50.1 cm³/mol. The Kier molecular flexibility index (Phi) is 3.03. The highest BCUT2D eigenvalue weighted by molar-refractivity contribution is 5.33. The summed E-state index contributed by atoms with van der Waals surface area (Å²) in [6.07, 6.45) is 1.59. The fourth-order valence-electron chi connectivity index (χ4n) is 1.02. The Labute approximate surface area is 76.8 Å². The van der Waals surface area contributed by atoms with Crippen molar-refractivity contribution in [3.05, 3.63) is 42.2 Å². The molecule has 0 bridgehead atoms. The molecule has 3 heteroatoms. The van der Waals surface area contributed by atoms with Crippen LogP contribution >= 0.6 is 0 Å². The first kappa shape index (κ1) is 9.74. The van der Waals surface area contributed by atoms with Gasteiger partial charge in [-0.05, 0) is 17.7 Å². The molecule has 0 saturated carbocycles. The van der Waals surface area contributed by atoms with Crippen LogP contribution in [0.15, 0.2) is 30.9 Å². The molecule has 0 spiro atoms. The fraction of sp³-hybridized carbons (Fsp3) is 0.200. The van der Waals surface area contributed by atoms with Crippen molar-refractivity contribution in [2.45, 2.75) is 6.04 Å². The Morgan fingerprint density at radius 1 is 1.62 bits per heavy atom. The SMILES string of the molecule is C=C[C@H](N)c1ccc(F)c(OC)c1.